The van der Waals surface area contributed by atoms with E-state index in [1.165, 1.54) is 0 Å². The molecule has 15 heavy (non-hydrogen) atoms. The van der Waals surface area contributed by atoms with E-state index in [1.54, 1.807) is 12.4 Å². The van der Waals surface area contributed by atoms with Crippen LogP contribution in [0.5, 0.6) is 0 Å². The minimum absolute atomic E-state index is 0.654. The van der Waals surface area contributed by atoms with Crippen molar-refractivity contribution in [3.8, 4) is 0 Å². The molecule has 1 aromatic heterocycles. The molecule has 1 aliphatic rings. The van der Waals surface area contributed by atoms with Gasteiger partial charge in [-0.05, 0) is 15.9 Å². The van der Waals surface area contributed by atoms with Gasteiger partial charge in [-0.15, -0.1) is 0 Å². The summed E-state index contributed by atoms with van der Waals surface area (Å²) < 4.78 is 0.929. The molecule has 2 rings (SSSR count). The maximum Gasteiger partial charge on any atom is 0.225 e. The Morgan fingerprint density at radius 2 is 1.80 bits per heavy atom. The highest BCUT2D eigenvalue weighted by Crippen LogP contribution is 2.26. The first-order chi connectivity index (χ1) is 7.15. The van der Waals surface area contributed by atoms with Crippen molar-refractivity contribution in [1.82, 2.24) is 9.97 Å². The third-order valence-electron chi connectivity index (χ3n) is 2.31. The molecule has 3 nitrogen and oxygen atoms in total. The SMILES string of the molecule is CC1CN(c2ncc(Br)cn2)CC(C)S1. The number of hydrogen-bond donors (Lipinski definition) is 0. The Labute approximate surface area is 103 Å². The van der Waals surface area contributed by atoms with E-state index in [0.717, 1.165) is 23.5 Å². The molecule has 2 unspecified atom stereocenters. The van der Waals surface area contributed by atoms with Crippen LogP contribution in [-0.2, 0) is 0 Å². The van der Waals surface area contributed by atoms with E-state index in [0.29, 0.717) is 10.5 Å². The van der Waals surface area contributed by atoms with Crippen molar-refractivity contribution in [2.24, 2.45) is 0 Å². The van der Waals surface area contributed by atoms with Crippen LogP contribution in [0.2, 0.25) is 0 Å². The zero-order chi connectivity index (χ0) is 10.8. The highest BCUT2D eigenvalue weighted by molar-refractivity contribution is 9.10. The van der Waals surface area contributed by atoms with Gasteiger partial charge in [0, 0.05) is 36.0 Å². The molecule has 82 valence electrons. The molecule has 1 fully saturated rings. The molecule has 0 saturated carbocycles. The second-order valence-electron chi connectivity index (χ2n) is 3.86. The van der Waals surface area contributed by atoms with Crippen LogP contribution < -0.4 is 4.90 Å². The first-order valence-corrected chi connectivity index (χ1v) is 6.76. The van der Waals surface area contributed by atoms with Crippen LogP contribution in [0.25, 0.3) is 0 Å². The van der Waals surface area contributed by atoms with Crippen LogP contribution in [0.1, 0.15) is 13.8 Å². The molecule has 2 heterocycles. The molecule has 0 spiro atoms. The predicted molar refractivity (Wildman–Crippen MR) is 68.5 cm³/mol. The fourth-order valence-corrected chi connectivity index (χ4v) is 3.34. The summed E-state index contributed by atoms with van der Waals surface area (Å²) in [6.07, 6.45) is 3.61. The molecule has 5 heteroatoms. The van der Waals surface area contributed by atoms with Crippen LogP contribution >= 0.6 is 27.7 Å². The van der Waals surface area contributed by atoms with Crippen molar-refractivity contribution in [3.63, 3.8) is 0 Å². The molecule has 2 atom stereocenters. The Morgan fingerprint density at radius 1 is 1.27 bits per heavy atom. The van der Waals surface area contributed by atoms with Gasteiger partial charge in [0.2, 0.25) is 5.95 Å². The average molecular weight is 288 g/mol. The first kappa shape index (κ1) is 11.2. The second kappa shape index (κ2) is 4.70. The summed E-state index contributed by atoms with van der Waals surface area (Å²) in [6, 6.07) is 0. The molecule has 1 saturated heterocycles. The van der Waals surface area contributed by atoms with Gasteiger partial charge in [0.25, 0.3) is 0 Å². The van der Waals surface area contributed by atoms with Crippen molar-refractivity contribution >= 4 is 33.6 Å². The van der Waals surface area contributed by atoms with E-state index in [-0.39, 0.29) is 0 Å². The Bertz CT molecular complexity index is 320. The van der Waals surface area contributed by atoms with Gasteiger partial charge >= 0.3 is 0 Å². The predicted octanol–water partition coefficient (Wildman–Crippen LogP) is 2.57. The number of nitrogens with zero attached hydrogens (tertiary/aromatic N) is 3. The molecular weight excluding hydrogens is 274 g/mol. The number of hydrogen-bond acceptors (Lipinski definition) is 4. The molecular formula is C10H14BrN3S. The maximum absolute atomic E-state index is 4.33. The van der Waals surface area contributed by atoms with Crippen molar-refractivity contribution in [1.29, 1.82) is 0 Å². The zero-order valence-corrected chi connectivity index (χ0v) is 11.3. The topological polar surface area (TPSA) is 29.0 Å². The molecule has 0 amide bonds. The number of aromatic nitrogens is 2. The van der Waals surface area contributed by atoms with Crippen LogP contribution in [-0.4, -0.2) is 33.6 Å². The van der Waals surface area contributed by atoms with Gasteiger partial charge in [-0.25, -0.2) is 9.97 Å². The number of rotatable bonds is 1. The lowest BCUT2D eigenvalue weighted by Gasteiger charge is -2.34. The number of halogens is 1. The summed E-state index contributed by atoms with van der Waals surface area (Å²) in [4.78, 5) is 10.9. The third kappa shape index (κ3) is 2.84. The molecule has 1 aliphatic heterocycles. The fourth-order valence-electron chi connectivity index (χ4n) is 1.81. The third-order valence-corrected chi connectivity index (χ3v) is 3.95. The van der Waals surface area contributed by atoms with Gasteiger partial charge in [0.05, 0.1) is 4.47 Å². The fraction of sp³-hybridized carbons (Fsp3) is 0.600. The smallest absolute Gasteiger partial charge is 0.225 e. The van der Waals surface area contributed by atoms with Gasteiger partial charge in [0.15, 0.2) is 0 Å². The lowest BCUT2D eigenvalue weighted by molar-refractivity contribution is 0.706. The average Bonchev–Trinajstić information content (AvgIpc) is 2.17. The zero-order valence-electron chi connectivity index (χ0n) is 8.85. The van der Waals surface area contributed by atoms with Crippen LogP contribution in [0.15, 0.2) is 16.9 Å². The van der Waals surface area contributed by atoms with Crippen LogP contribution in [0.4, 0.5) is 5.95 Å². The van der Waals surface area contributed by atoms with Crippen LogP contribution in [0, 0.1) is 0 Å². The van der Waals surface area contributed by atoms with E-state index < -0.39 is 0 Å². The molecule has 1 aromatic rings. The van der Waals surface area contributed by atoms with Crippen molar-refractivity contribution in [3.05, 3.63) is 16.9 Å². The Balaban J connectivity index is 2.12. The highest BCUT2D eigenvalue weighted by atomic mass is 79.9. The van der Waals surface area contributed by atoms with Gasteiger partial charge in [-0.2, -0.15) is 11.8 Å². The molecule has 0 aromatic carbocycles. The van der Waals surface area contributed by atoms with E-state index in [9.17, 15) is 0 Å². The van der Waals surface area contributed by atoms with Crippen LogP contribution in [0.3, 0.4) is 0 Å². The van der Waals surface area contributed by atoms with E-state index >= 15 is 0 Å². The summed E-state index contributed by atoms with van der Waals surface area (Å²) in [7, 11) is 0. The molecule has 0 N–H and O–H groups in total. The lowest BCUT2D eigenvalue weighted by Crippen LogP contribution is -2.41. The maximum atomic E-state index is 4.33. The summed E-state index contributed by atoms with van der Waals surface area (Å²) in [5, 5.41) is 1.31. The van der Waals surface area contributed by atoms with Gasteiger partial charge < -0.3 is 4.90 Å². The van der Waals surface area contributed by atoms with E-state index in [2.05, 4.69) is 44.6 Å². The Hall–Kier alpha value is -0.290. The second-order valence-corrected chi connectivity index (χ2v) is 6.66. The first-order valence-electron chi connectivity index (χ1n) is 5.03. The summed E-state index contributed by atoms with van der Waals surface area (Å²) in [5.41, 5.74) is 0. The highest BCUT2D eigenvalue weighted by Gasteiger charge is 2.23. The monoisotopic (exact) mass is 287 g/mol. The van der Waals surface area contributed by atoms with Crippen molar-refractivity contribution in [2.75, 3.05) is 18.0 Å². The quantitative estimate of drug-likeness (QED) is 0.794. The standard InChI is InChI=1S/C10H14BrN3S/c1-7-5-14(6-8(2)15-7)10-12-3-9(11)4-13-10/h3-4,7-8H,5-6H2,1-2H3. The Kier molecular flexibility index (Phi) is 3.51. The number of anilines is 1. The lowest BCUT2D eigenvalue weighted by atomic mass is 10.3. The van der Waals surface area contributed by atoms with Crippen molar-refractivity contribution in [2.45, 2.75) is 24.3 Å². The summed E-state index contributed by atoms with van der Waals surface area (Å²) in [6.45, 7) is 6.59. The van der Waals surface area contributed by atoms with Gasteiger partial charge in [-0.1, -0.05) is 13.8 Å². The minimum Gasteiger partial charge on any atom is -0.339 e. The minimum atomic E-state index is 0.654. The normalized spacial score (nSPS) is 26.7. The van der Waals surface area contributed by atoms with Gasteiger partial charge in [-0.3, -0.25) is 0 Å². The Morgan fingerprint density at radius 3 is 2.33 bits per heavy atom. The van der Waals surface area contributed by atoms with E-state index in [1.807, 2.05) is 11.8 Å². The number of thioether (sulfide) groups is 1. The van der Waals surface area contributed by atoms with Crippen molar-refractivity contribution < 1.29 is 0 Å². The molecule has 0 radical (unpaired) electrons. The summed E-state index contributed by atoms with van der Waals surface area (Å²) in [5.74, 6) is 0.845. The molecule has 0 bridgehead atoms. The van der Waals surface area contributed by atoms with Gasteiger partial charge in [0.1, 0.15) is 0 Å². The largest absolute Gasteiger partial charge is 0.339 e. The van der Waals surface area contributed by atoms with E-state index in [4.69, 9.17) is 0 Å². The summed E-state index contributed by atoms with van der Waals surface area (Å²) >= 11 is 5.38. The molecule has 0 aliphatic carbocycles.